The summed E-state index contributed by atoms with van der Waals surface area (Å²) in [5.74, 6) is 1.80. The van der Waals surface area contributed by atoms with Gasteiger partial charge in [-0.15, -0.1) is 13.2 Å². The Hall–Kier alpha value is -2.56. The third kappa shape index (κ3) is 4.83. The molecule has 0 radical (unpaired) electrons. The van der Waals surface area contributed by atoms with Crippen LogP contribution < -0.4 is 9.47 Å². The van der Waals surface area contributed by atoms with Crippen LogP contribution in [0.25, 0.3) is 11.1 Å². The Morgan fingerprint density at radius 3 is 1.57 bits per heavy atom. The quantitative estimate of drug-likeness (QED) is 0.430. The largest absolute Gasteiger partial charge is 0.490 e. The molecule has 146 valence electrons. The van der Waals surface area contributed by atoms with Gasteiger partial charge in [0.1, 0.15) is 36.9 Å². The lowest BCUT2D eigenvalue weighted by Crippen LogP contribution is -2.06. The minimum Gasteiger partial charge on any atom is -0.490 e. The Morgan fingerprint density at radius 1 is 0.786 bits per heavy atom. The second kappa shape index (κ2) is 8.63. The highest BCUT2D eigenvalue weighted by Gasteiger charge is 2.24. The molecule has 2 atom stereocenters. The monoisotopic (exact) mass is 378 g/mol. The molecule has 2 aromatic rings. The van der Waals surface area contributed by atoms with Gasteiger partial charge in [0.2, 0.25) is 0 Å². The summed E-state index contributed by atoms with van der Waals surface area (Å²) < 4.78 is 22.3. The van der Waals surface area contributed by atoms with E-state index >= 15 is 0 Å². The number of hydrogen-bond donors (Lipinski definition) is 0. The van der Waals surface area contributed by atoms with Crippen LogP contribution in [0.5, 0.6) is 11.5 Å². The van der Waals surface area contributed by atoms with Gasteiger partial charge < -0.3 is 18.9 Å². The zero-order valence-electron chi connectivity index (χ0n) is 16.1. The van der Waals surface area contributed by atoms with Crippen molar-refractivity contribution in [3.63, 3.8) is 0 Å². The van der Waals surface area contributed by atoms with Crippen molar-refractivity contribution in [1.82, 2.24) is 0 Å². The molecule has 28 heavy (non-hydrogen) atoms. The van der Waals surface area contributed by atoms with Gasteiger partial charge in [0, 0.05) is 0 Å². The SMILES string of the molecule is C=CCc1cc(-c2ccc(OC[C@@H]3CO3)c(CC=C)c2)ccc1OCC1CO1. The van der Waals surface area contributed by atoms with Gasteiger partial charge in [-0.2, -0.15) is 0 Å². The fraction of sp³-hybridized carbons (Fsp3) is 0.333. The second-order valence-electron chi connectivity index (χ2n) is 7.16. The Kier molecular flexibility index (Phi) is 5.79. The van der Waals surface area contributed by atoms with Gasteiger partial charge >= 0.3 is 0 Å². The van der Waals surface area contributed by atoms with Crippen LogP contribution in [-0.4, -0.2) is 38.6 Å². The molecule has 0 saturated carbocycles. The molecule has 0 bridgehead atoms. The molecule has 4 heteroatoms. The van der Waals surface area contributed by atoms with E-state index < -0.39 is 0 Å². The summed E-state index contributed by atoms with van der Waals surface area (Å²) in [5, 5.41) is 0. The van der Waals surface area contributed by atoms with E-state index in [4.69, 9.17) is 18.9 Å². The number of benzene rings is 2. The third-order valence-corrected chi connectivity index (χ3v) is 4.84. The lowest BCUT2D eigenvalue weighted by atomic mass is 9.98. The fourth-order valence-corrected chi connectivity index (χ4v) is 3.12. The van der Waals surface area contributed by atoms with Crippen molar-refractivity contribution in [3.8, 4) is 22.6 Å². The standard InChI is InChI=1S/C24H26O4/c1-3-5-19-11-17(7-9-23(19)27-15-21-13-25-21)18-8-10-24(20(12-18)6-4-2)28-16-22-14-26-22/h3-4,7-12,21-22H,1-2,5-6,13-16H2/t21-,22?/m0/s1. The smallest absolute Gasteiger partial charge is 0.122 e. The molecule has 2 aromatic carbocycles. The van der Waals surface area contributed by atoms with E-state index in [0.717, 1.165) is 59.8 Å². The highest BCUT2D eigenvalue weighted by Crippen LogP contribution is 2.32. The van der Waals surface area contributed by atoms with E-state index in [-0.39, 0.29) is 12.2 Å². The molecule has 0 amide bonds. The first-order chi connectivity index (χ1) is 13.8. The van der Waals surface area contributed by atoms with Gasteiger partial charge in [0.25, 0.3) is 0 Å². The van der Waals surface area contributed by atoms with Crippen molar-refractivity contribution in [1.29, 1.82) is 0 Å². The lowest BCUT2D eigenvalue weighted by Gasteiger charge is -2.14. The van der Waals surface area contributed by atoms with Crippen LogP contribution in [0, 0.1) is 0 Å². The number of allylic oxidation sites excluding steroid dienone is 2. The van der Waals surface area contributed by atoms with Crippen LogP contribution in [0.1, 0.15) is 11.1 Å². The van der Waals surface area contributed by atoms with Gasteiger partial charge in [0.05, 0.1) is 13.2 Å². The number of rotatable bonds is 11. The zero-order valence-corrected chi connectivity index (χ0v) is 16.1. The fourth-order valence-electron chi connectivity index (χ4n) is 3.12. The maximum absolute atomic E-state index is 5.93. The summed E-state index contributed by atoms with van der Waals surface area (Å²) in [6, 6.07) is 12.6. The average molecular weight is 378 g/mol. The van der Waals surface area contributed by atoms with E-state index in [9.17, 15) is 0 Å². The Labute approximate surface area is 166 Å². The summed E-state index contributed by atoms with van der Waals surface area (Å²) in [6.07, 6.45) is 5.81. The molecule has 2 saturated heterocycles. The summed E-state index contributed by atoms with van der Waals surface area (Å²) in [6.45, 7) is 10.5. The van der Waals surface area contributed by atoms with Gasteiger partial charge in [-0.1, -0.05) is 24.3 Å². The van der Waals surface area contributed by atoms with Gasteiger partial charge in [-0.3, -0.25) is 0 Å². The molecule has 2 aliphatic heterocycles. The molecule has 2 aliphatic rings. The van der Waals surface area contributed by atoms with E-state index in [1.165, 1.54) is 0 Å². The summed E-state index contributed by atoms with van der Waals surface area (Å²) >= 11 is 0. The molecular formula is C24H26O4. The van der Waals surface area contributed by atoms with Crippen molar-refractivity contribution < 1.29 is 18.9 Å². The first kappa shape index (κ1) is 18.8. The normalized spacial score (nSPS) is 19.7. The number of epoxide rings is 2. The van der Waals surface area contributed by atoms with E-state index in [1.807, 2.05) is 24.3 Å². The molecule has 4 nitrogen and oxygen atoms in total. The predicted molar refractivity (Wildman–Crippen MR) is 110 cm³/mol. The molecule has 0 aromatic heterocycles. The van der Waals surface area contributed by atoms with Crippen LogP contribution in [0.4, 0.5) is 0 Å². The molecular weight excluding hydrogens is 352 g/mol. The Balaban J connectivity index is 1.56. The minimum absolute atomic E-state index is 0.242. The topological polar surface area (TPSA) is 43.5 Å². The summed E-state index contributed by atoms with van der Waals surface area (Å²) in [5.41, 5.74) is 4.55. The van der Waals surface area contributed by atoms with Crippen LogP contribution >= 0.6 is 0 Å². The van der Waals surface area contributed by atoms with Crippen molar-refractivity contribution >= 4 is 0 Å². The van der Waals surface area contributed by atoms with Crippen molar-refractivity contribution in [3.05, 3.63) is 72.8 Å². The highest BCUT2D eigenvalue weighted by molar-refractivity contribution is 5.68. The van der Waals surface area contributed by atoms with Gasteiger partial charge in [0.15, 0.2) is 0 Å². The van der Waals surface area contributed by atoms with Crippen LogP contribution in [0.2, 0.25) is 0 Å². The van der Waals surface area contributed by atoms with Crippen molar-refractivity contribution in [2.45, 2.75) is 25.0 Å². The van der Waals surface area contributed by atoms with Gasteiger partial charge in [-0.25, -0.2) is 0 Å². The highest BCUT2D eigenvalue weighted by atomic mass is 16.6. The van der Waals surface area contributed by atoms with E-state index in [2.05, 4.69) is 37.4 Å². The maximum atomic E-state index is 5.93. The lowest BCUT2D eigenvalue weighted by molar-refractivity contribution is 0.261. The average Bonchev–Trinajstić information content (AvgIpc) is 3.62. The molecule has 1 unspecified atom stereocenters. The van der Waals surface area contributed by atoms with E-state index in [1.54, 1.807) is 0 Å². The minimum atomic E-state index is 0.242. The van der Waals surface area contributed by atoms with Crippen LogP contribution in [0.15, 0.2) is 61.7 Å². The second-order valence-corrected chi connectivity index (χ2v) is 7.16. The predicted octanol–water partition coefficient (Wildman–Crippen LogP) is 4.37. The Morgan fingerprint density at radius 2 is 1.21 bits per heavy atom. The summed E-state index contributed by atoms with van der Waals surface area (Å²) in [4.78, 5) is 0. The molecule has 4 rings (SSSR count). The molecule has 2 fully saturated rings. The van der Waals surface area contributed by atoms with Gasteiger partial charge in [-0.05, 0) is 59.4 Å². The Bertz CT molecular complexity index is 778. The number of hydrogen-bond acceptors (Lipinski definition) is 4. The maximum Gasteiger partial charge on any atom is 0.122 e. The first-order valence-corrected chi connectivity index (χ1v) is 9.73. The molecule has 0 spiro atoms. The first-order valence-electron chi connectivity index (χ1n) is 9.73. The number of ether oxygens (including phenoxy) is 4. The van der Waals surface area contributed by atoms with E-state index in [0.29, 0.717) is 13.2 Å². The van der Waals surface area contributed by atoms with Crippen LogP contribution in [-0.2, 0) is 22.3 Å². The molecule has 2 heterocycles. The van der Waals surface area contributed by atoms with Crippen molar-refractivity contribution in [2.75, 3.05) is 26.4 Å². The van der Waals surface area contributed by atoms with Crippen LogP contribution in [0.3, 0.4) is 0 Å². The zero-order chi connectivity index (χ0) is 19.3. The van der Waals surface area contributed by atoms with Crippen molar-refractivity contribution in [2.24, 2.45) is 0 Å². The third-order valence-electron chi connectivity index (χ3n) is 4.84. The molecule has 0 aliphatic carbocycles. The molecule has 0 N–H and O–H groups in total. The summed E-state index contributed by atoms with van der Waals surface area (Å²) in [7, 11) is 0.